The number of amides is 1. The van der Waals surface area contributed by atoms with Crippen molar-refractivity contribution >= 4 is 11.6 Å². The van der Waals surface area contributed by atoms with Gasteiger partial charge in [-0.3, -0.25) is 14.9 Å². The molecule has 1 aliphatic carbocycles. The van der Waals surface area contributed by atoms with Gasteiger partial charge >= 0.3 is 0 Å². The van der Waals surface area contributed by atoms with Gasteiger partial charge in [0.25, 0.3) is 0 Å². The van der Waals surface area contributed by atoms with E-state index in [1.54, 1.807) is 24.3 Å². The molecule has 1 N–H and O–H groups in total. The van der Waals surface area contributed by atoms with E-state index in [9.17, 15) is 14.9 Å². The topological polar surface area (TPSA) is 72.2 Å². The summed E-state index contributed by atoms with van der Waals surface area (Å²) in [6, 6.07) is 6.09. The number of anilines is 1. The van der Waals surface area contributed by atoms with Crippen LogP contribution < -0.4 is 5.32 Å². The van der Waals surface area contributed by atoms with Crippen LogP contribution in [0.25, 0.3) is 0 Å². The molecule has 0 radical (unpaired) electrons. The summed E-state index contributed by atoms with van der Waals surface area (Å²) in [4.78, 5) is 21.6. The number of nitrogens with one attached hydrogen (secondary N) is 1. The standard InChI is InChI=1S/C12H10N2O3/c1-2-8-4-3-5-9(6-8)13-12(15)10-7-11(10)14(16)17/h1,3-6,10-11H,7H2,(H,13,15). The van der Waals surface area contributed by atoms with Crippen molar-refractivity contribution < 1.29 is 9.72 Å². The number of terminal acetylenes is 1. The molecule has 2 atom stereocenters. The zero-order valence-corrected chi connectivity index (χ0v) is 8.92. The summed E-state index contributed by atoms with van der Waals surface area (Å²) in [5.41, 5.74) is 1.23. The molecular formula is C12H10N2O3. The predicted molar refractivity (Wildman–Crippen MR) is 61.9 cm³/mol. The Kier molecular flexibility index (Phi) is 2.79. The molecule has 2 rings (SSSR count). The predicted octanol–water partition coefficient (Wildman–Crippen LogP) is 1.27. The van der Waals surface area contributed by atoms with Gasteiger partial charge in [-0.15, -0.1) is 6.42 Å². The van der Waals surface area contributed by atoms with Crippen molar-refractivity contribution in [3.8, 4) is 12.3 Å². The zero-order chi connectivity index (χ0) is 12.4. The molecule has 5 nitrogen and oxygen atoms in total. The van der Waals surface area contributed by atoms with Gasteiger partial charge in [-0.2, -0.15) is 0 Å². The van der Waals surface area contributed by atoms with E-state index in [2.05, 4.69) is 11.2 Å². The first-order valence-electron chi connectivity index (χ1n) is 5.13. The number of hydrogen-bond acceptors (Lipinski definition) is 3. The van der Waals surface area contributed by atoms with Crippen LogP contribution in [-0.2, 0) is 4.79 Å². The third-order valence-corrected chi connectivity index (χ3v) is 2.66. The smallest absolute Gasteiger partial charge is 0.234 e. The van der Waals surface area contributed by atoms with Crippen LogP contribution in [-0.4, -0.2) is 16.9 Å². The van der Waals surface area contributed by atoms with Gasteiger partial charge in [-0.25, -0.2) is 0 Å². The molecule has 1 aromatic carbocycles. The number of benzene rings is 1. The lowest BCUT2D eigenvalue weighted by Crippen LogP contribution is -2.18. The molecule has 1 aromatic rings. The summed E-state index contributed by atoms with van der Waals surface area (Å²) in [5.74, 6) is 1.62. The van der Waals surface area contributed by atoms with Gasteiger partial charge in [-0.05, 0) is 18.2 Å². The second kappa shape index (κ2) is 4.26. The summed E-state index contributed by atoms with van der Waals surface area (Å²) in [6.45, 7) is 0. The molecule has 0 heterocycles. The number of carbonyl (C=O) groups excluding carboxylic acids is 1. The SMILES string of the molecule is C#Cc1cccc(NC(=O)C2CC2[N+](=O)[O-])c1. The Labute approximate surface area is 98.0 Å². The number of nitro groups is 1. The summed E-state index contributed by atoms with van der Waals surface area (Å²) < 4.78 is 0. The minimum atomic E-state index is -0.731. The van der Waals surface area contributed by atoms with E-state index >= 15 is 0 Å². The molecule has 17 heavy (non-hydrogen) atoms. The average Bonchev–Trinajstić information content (AvgIpc) is 3.09. The highest BCUT2D eigenvalue weighted by atomic mass is 16.6. The van der Waals surface area contributed by atoms with Crippen LogP contribution in [0.3, 0.4) is 0 Å². The molecule has 1 aliphatic rings. The lowest BCUT2D eigenvalue weighted by Gasteiger charge is -2.03. The van der Waals surface area contributed by atoms with Crippen LogP contribution in [0.5, 0.6) is 0 Å². The van der Waals surface area contributed by atoms with Crippen molar-refractivity contribution in [2.24, 2.45) is 5.92 Å². The summed E-state index contributed by atoms with van der Waals surface area (Å²) in [5, 5.41) is 13.1. The molecule has 5 heteroatoms. The molecule has 1 amide bonds. The molecule has 1 fully saturated rings. The Morgan fingerprint density at radius 3 is 2.94 bits per heavy atom. The second-order valence-corrected chi connectivity index (χ2v) is 3.91. The maximum atomic E-state index is 11.6. The van der Waals surface area contributed by atoms with Crippen molar-refractivity contribution in [1.29, 1.82) is 0 Å². The van der Waals surface area contributed by atoms with E-state index in [0.29, 0.717) is 17.7 Å². The van der Waals surface area contributed by atoms with Gasteiger partial charge in [0, 0.05) is 22.6 Å². The van der Waals surface area contributed by atoms with E-state index in [-0.39, 0.29) is 5.91 Å². The van der Waals surface area contributed by atoms with Crippen molar-refractivity contribution in [3.63, 3.8) is 0 Å². The van der Waals surface area contributed by atoms with E-state index in [1.807, 2.05) is 0 Å². The Hall–Kier alpha value is -2.35. The van der Waals surface area contributed by atoms with Gasteiger partial charge in [0.05, 0.1) is 0 Å². The lowest BCUT2D eigenvalue weighted by molar-refractivity contribution is -0.497. The summed E-state index contributed by atoms with van der Waals surface area (Å²) in [6.07, 6.45) is 5.54. The first-order valence-corrected chi connectivity index (χ1v) is 5.13. The fourth-order valence-electron chi connectivity index (χ4n) is 1.62. The molecule has 0 bridgehead atoms. The minimum absolute atomic E-state index is 0.313. The molecule has 0 spiro atoms. The van der Waals surface area contributed by atoms with Crippen LogP contribution in [0.15, 0.2) is 24.3 Å². The lowest BCUT2D eigenvalue weighted by atomic mass is 10.2. The quantitative estimate of drug-likeness (QED) is 0.483. The first kappa shape index (κ1) is 11.1. The monoisotopic (exact) mass is 230 g/mol. The van der Waals surface area contributed by atoms with Crippen LogP contribution in [0, 0.1) is 28.4 Å². The zero-order valence-electron chi connectivity index (χ0n) is 8.92. The Morgan fingerprint density at radius 2 is 2.35 bits per heavy atom. The van der Waals surface area contributed by atoms with Crippen LogP contribution in [0.4, 0.5) is 5.69 Å². The Bertz CT molecular complexity index is 519. The maximum absolute atomic E-state index is 11.6. The van der Waals surface area contributed by atoms with Gasteiger partial charge in [0.15, 0.2) is 0 Å². The normalized spacial score (nSPS) is 21.4. The van der Waals surface area contributed by atoms with E-state index in [1.165, 1.54) is 0 Å². The van der Waals surface area contributed by atoms with E-state index < -0.39 is 16.9 Å². The maximum Gasteiger partial charge on any atom is 0.234 e. The number of hydrogen-bond donors (Lipinski definition) is 1. The summed E-state index contributed by atoms with van der Waals surface area (Å²) in [7, 11) is 0. The van der Waals surface area contributed by atoms with Gasteiger partial charge in [0.1, 0.15) is 5.92 Å². The van der Waals surface area contributed by atoms with Gasteiger partial charge in [0.2, 0.25) is 11.9 Å². The van der Waals surface area contributed by atoms with E-state index in [0.717, 1.165) is 0 Å². The summed E-state index contributed by atoms with van der Waals surface area (Å²) >= 11 is 0. The van der Waals surface area contributed by atoms with Crippen LogP contribution >= 0.6 is 0 Å². The third-order valence-electron chi connectivity index (χ3n) is 2.66. The van der Waals surface area contributed by atoms with Crippen LogP contribution in [0.2, 0.25) is 0 Å². The fourth-order valence-corrected chi connectivity index (χ4v) is 1.62. The van der Waals surface area contributed by atoms with Crippen molar-refractivity contribution in [3.05, 3.63) is 39.9 Å². The number of rotatable bonds is 3. The highest BCUT2D eigenvalue weighted by molar-refractivity contribution is 5.94. The van der Waals surface area contributed by atoms with Crippen molar-refractivity contribution in [2.45, 2.75) is 12.5 Å². The molecular weight excluding hydrogens is 220 g/mol. The highest BCUT2D eigenvalue weighted by Gasteiger charge is 2.53. The molecule has 1 saturated carbocycles. The molecule has 86 valence electrons. The first-order chi connectivity index (χ1) is 8.11. The average molecular weight is 230 g/mol. The Balaban J connectivity index is 2.00. The van der Waals surface area contributed by atoms with Gasteiger partial charge in [-0.1, -0.05) is 12.0 Å². The third kappa shape index (κ3) is 2.42. The van der Waals surface area contributed by atoms with E-state index in [4.69, 9.17) is 6.42 Å². The van der Waals surface area contributed by atoms with Crippen molar-refractivity contribution in [2.75, 3.05) is 5.32 Å². The van der Waals surface area contributed by atoms with Crippen LogP contribution in [0.1, 0.15) is 12.0 Å². The van der Waals surface area contributed by atoms with Crippen molar-refractivity contribution in [1.82, 2.24) is 0 Å². The molecule has 0 aromatic heterocycles. The number of carbonyl (C=O) groups is 1. The number of nitrogens with zero attached hydrogens (tertiary/aromatic N) is 1. The Morgan fingerprint density at radius 1 is 1.59 bits per heavy atom. The fraction of sp³-hybridized carbons (Fsp3) is 0.250. The molecule has 0 saturated heterocycles. The van der Waals surface area contributed by atoms with Gasteiger partial charge < -0.3 is 5.32 Å². The minimum Gasteiger partial charge on any atom is -0.326 e. The molecule has 0 aliphatic heterocycles. The largest absolute Gasteiger partial charge is 0.326 e. The second-order valence-electron chi connectivity index (χ2n) is 3.91. The highest BCUT2D eigenvalue weighted by Crippen LogP contribution is 2.34. The molecule has 2 unspecified atom stereocenters.